The lowest BCUT2D eigenvalue weighted by Crippen LogP contribution is -2.27. The summed E-state index contributed by atoms with van der Waals surface area (Å²) in [4.78, 5) is 70.5. The van der Waals surface area contributed by atoms with Crippen molar-refractivity contribution in [3.63, 3.8) is 0 Å². The third-order valence-electron chi connectivity index (χ3n) is 17.0. The lowest BCUT2D eigenvalue weighted by Gasteiger charge is -2.25. The molecule has 0 saturated carbocycles. The second-order valence-electron chi connectivity index (χ2n) is 28.3. The molecule has 0 aliphatic carbocycles. The molecule has 0 atom stereocenters. The van der Waals surface area contributed by atoms with Crippen molar-refractivity contribution in [2.24, 2.45) is 0 Å². The Labute approximate surface area is 613 Å². The van der Waals surface area contributed by atoms with Crippen molar-refractivity contribution in [1.29, 1.82) is 0 Å². The molecule has 0 bridgehead atoms. The molecule has 552 valence electrons. The van der Waals surface area contributed by atoms with Gasteiger partial charge in [-0.3, -0.25) is 9.59 Å². The van der Waals surface area contributed by atoms with E-state index in [1.165, 1.54) is 0 Å². The number of esters is 2. The van der Waals surface area contributed by atoms with Crippen LogP contribution in [-0.4, -0.2) is 110 Å². The molecule has 9 aromatic rings. The highest BCUT2D eigenvalue weighted by Crippen LogP contribution is 2.45. The second kappa shape index (κ2) is 35.1. The van der Waals surface area contributed by atoms with Gasteiger partial charge in [0.1, 0.15) is 62.9 Å². The first-order valence-corrected chi connectivity index (χ1v) is 34.1. The molecule has 19 nitrogen and oxygen atoms in total. The average molecular weight is 1430 g/mol. The van der Waals surface area contributed by atoms with Crippen LogP contribution in [-0.2, 0) is 41.5 Å². The van der Waals surface area contributed by atoms with Crippen LogP contribution in [0.2, 0.25) is 0 Å². The maximum Gasteiger partial charge on any atom is 0.344 e. The number of carboxylic acids is 2. The maximum absolute atomic E-state index is 11.9. The van der Waals surface area contributed by atoms with Crippen LogP contribution < -0.4 is 18.9 Å². The third-order valence-corrected chi connectivity index (χ3v) is 17.0. The van der Waals surface area contributed by atoms with Crippen LogP contribution in [0.4, 0.5) is 0 Å². The number of aryl methyl sites for hydroxylation is 10. The lowest BCUT2D eigenvalue weighted by atomic mass is 9.80. The van der Waals surface area contributed by atoms with Gasteiger partial charge in [-0.15, -0.1) is 0 Å². The number of aldehydes is 2. The minimum atomic E-state index is -1.13. The summed E-state index contributed by atoms with van der Waals surface area (Å²) < 4.78 is 33.3. The normalized spacial score (nSPS) is 11.2. The summed E-state index contributed by atoms with van der Waals surface area (Å²) in [5, 5.41) is 71.6. The average Bonchev–Trinajstić information content (AvgIpc) is 0.775. The number of para-hydroxylation sites is 1. The summed E-state index contributed by atoms with van der Waals surface area (Å²) in [6.07, 6.45) is 2.12. The molecule has 105 heavy (non-hydrogen) atoms. The number of phenolic OH excluding ortho intramolecular Hbond substituents is 5. The zero-order valence-electron chi connectivity index (χ0n) is 62.4. The van der Waals surface area contributed by atoms with Crippen molar-refractivity contribution >= 4 is 36.4 Å². The number of aromatic hydroxyl groups is 5. The molecule has 19 heteroatoms. The third kappa shape index (κ3) is 22.2. The van der Waals surface area contributed by atoms with Crippen LogP contribution in [0, 0.1) is 69.2 Å². The van der Waals surface area contributed by atoms with E-state index in [-0.39, 0.29) is 47.7 Å². The monoisotopic (exact) mass is 1430 g/mol. The highest BCUT2D eigenvalue weighted by molar-refractivity contribution is 5.82. The first-order valence-electron chi connectivity index (χ1n) is 34.1. The lowest BCUT2D eigenvalue weighted by molar-refractivity contribution is -0.158. The Balaban J connectivity index is 0.000000292. The summed E-state index contributed by atoms with van der Waals surface area (Å²) >= 11 is 0. The van der Waals surface area contributed by atoms with E-state index >= 15 is 0 Å². The Morgan fingerprint density at radius 2 is 0.590 bits per heavy atom. The van der Waals surface area contributed by atoms with Crippen molar-refractivity contribution in [3.8, 4) is 51.7 Å². The summed E-state index contributed by atoms with van der Waals surface area (Å²) in [6, 6.07) is 42.3. The zero-order chi connectivity index (χ0) is 77.5. The van der Waals surface area contributed by atoms with Crippen LogP contribution in [0.3, 0.4) is 0 Å². The van der Waals surface area contributed by atoms with E-state index < -0.39 is 60.1 Å². The standard InChI is InChI=1S/C51H52O10.C27H32O8.C8H10O/c1-26-13-36(14-27(2)48(26)56)46(37-15-28(3)49(57)29(4)16-37)40-22-34(9-11-42(40)60-24-44(52)53)21-35-10-12-43(61-25-45(54)55)41(23-35)47(38-17-30(5)50(58)31(6)18-38)39-19-32(7)51(59)33(8)20-39;1-26(2,3)34-24(30)16-32-22-9-7-18(12-20(22)14-28)11-19-8-10-23(21(13-19)15-29)33-17-25(31)35-27(4,5)6;1-6-4-3-5-7(2)8(6)9/h9-20,22-23,46-47,56-59H,21,24-25H2,1-8H3,(H,52,53)(H,54,55);7-10,12-15H,11,16-17H2,1-6H3;3-5,9H,1-2H3. The Kier molecular flexibility index (Phi) is 26.9. The number of carboxylic acid groups (broad SMARTS) is 2. The van der Waals surface area contributed by atoms with Crippen LogP contribution in [0.25, 0.3) is 0 Å². The van der Waals surface area contributed by atoms with Gasteiger partial charge in [0.2, 0.25) is 0 Å². The maximum atomic E-state index is 11.9. The molecular formula is C86H94O19. The SMILES string of the molecule is CC(C)(C)OC(=O)COc1ccc(Cc2ccc(OCC(=O)OC(C)(C)C)c(C=O)c2)cc1C=O.Cc1cc(C(c2cc(C)c(O)c(C)c2)c2cc(Cc3ccc(OCC(=O)O)c(C(c4cc(C)c(O)c(C)c4)c4cc(C)c(O)c(C)c4)c3)ccc2OCC(=O)O)cc(C)c1O.Cc1cccc(C)c1O. The van der Waals surface area contributed by atoms with E-state index in [1.807, 2.05) is 160 Å². The van der Waals surface area contributed by atoms with Crippen molar-refractivity contribution in [2.75, 3.05) is 26.4 Å². The van der Waals surface area contributed by atoms with Gasteiger partial charge in [0.15, 0.2) is 39.0 Å². The number of carbonyl (C=O) groups excluding carboxylic acids is 4. The van der Waals surface area contributed by atoms with Gasteiger partial charge in [0.25, 0.3) is 0 Å². The van der Waals surface area contributed by atoms with E-state index in [0.717, 1.165) is 55.6 Å². The van der Waals surface area contributed by atoms with E-state index in [2.05, 4.69) is 0 Å². The Morgan fingerprint density at radius 3 is 0.838 bits per heavy atom. The fraction of sp³-hybridized carbons (Fsp3) is 0.302. The van der Waals surface area contributed by atoms with Gasteiger partial charge in [-0.2, -0.15) is 0 Å². The Morgan fingerprint density at radius 1 is 0.343 bits per heavy atom. The second-order valence-corrected chi connectivity index (χ2v) is 28.3. The Bertz CT molecular complexity index is 4200. The van der Waals surface area contributed by atoms with Gasteiger partial charge in [-0.25, -0.2) is 19.2 Å². The summed E-state index contributed by atoms with van der Waals surface area (Å²) in [5.74, 6) is -1.96. The fourth-order valence-corrected chi connectivity index (χ4v) is 12.3. The minimum Gasteiger partial charge on any atom is -0.507 e. The van der Waals surface area contributed by atoms with Crippen molar-refractivity contribution < 1.29 is 92.9 Å². The molecule has 0 radical (unpaired) electrons. The topological polar surface area (TPSA) is 299 Å². The van der Waals surface area contributed by atoms with E-state index in [9.17, 15) is 64.5 Å². The molecule has 0 amide bonds. The number of hydrogen-bond acceptors (Lipinski definition) is 17. The number of hydrogen-bond donors (Lipinski definition) is 7. The van der Waals surface area contributed by atoms with E-state index in [4.69, 9.17) is 28.4 Å². The van der Waals surface area contributed by atoms with Crippen LogP contribution in [0.5, 0.6) is 51.7 Å². The largest absolute Gasteiger partial charge is 0.507 e. The number of aliphatic carboxylic acids is 2. The number of phenols is 5. The van der Waals surface area contributed by atoms with Gasteiger partial charge < -0.3 is 64.2 Å². The molecule has 9 rings (SSSR count). The zero-order valence-corrected chi connectivity index (χ0v) is 62.4. The van der Waals surface area contributed by atoms with Crippen molar-refractivity contribution in [3.05, 3.63) is 262 Å². The quantitative estimate of drug-likeness (QED) is 0.0168. The van der Waals surface area contributed by atoms with Crippen LogP contribution in [0.15, 0.2) is 140 Å². The number of benzene rings is 9. The van der Waals surface area contributed by atoms with Gasteiger partial charge in [-0.1, -0.05) is 103 Å². The highest BCUT2D eigenvalue weighted by Gasteiger charge is 2.29. The van der Waals surface area contributed by atoms with Gasteiger partial charge >= 0.3 is 23.9 Å². The molecule has 0 saturated heterocycles. The molecule has 0 heterocycles. The fourth-order valence-electron chi connectivity index (χ4n) is 12.3. The predicted octanol–water partition coefficient (Wildman–Crippen LogP) is 16.2. The molecule has 9 aromatic carbocycles. The molecule has 0 aromatic heterocycles. The van der Waals surface area contributed by atoms with Gasteiger partial charge in [0.05, 0.1) is 11.1 Å². The molecule has 0 spiro atoms. The first kappa shape index (κ1) is 80.7. The summed E-state index contributed by atoms with van der Waals surface area (Å²) in [6.45, 7) is 27.1. The first-order chi connectivity index (χ1) is 49.3. The summed E-state index contributed by atoms with van der Waals surface area (Å²) in [7, 11) is 0. The number of carbonyl (C=O) groups is 6. The smallest absolute Gasteiger partial charge is 0.344 e. The molecule has 0 fully saturated rings. The van der Waals surface area contributed by atoms with Crippen molar-refractivity contribution in [1.82, 2.24) is 0 Å². The molecule has 0 aliphatic rings. The van der Waals surface area contributed by atoms with Crippen LogP contribution >= 0.6 is 0 Å². The van der Waals surface area contributed by atoms with Crippen LogP contribution in [0.1, 0.15) is 185 Å². The van der Waals surface area contributed by atoms with Crippen molar-refractivity contribution in [2.45, 2.75) is 147 Å². The van der Waals surface area contributed by atoms with Gasteiger partial charge in [0, 0.05) is 23.0 Å². The molecule has 0 unspecified atom stereocenters. The molecule has 0 aliphatic heterocycles. The predicted molar refractivity (Wildman–Crippen MR) is 401 cm³/mol. The summed E-state index contributed by atoms with van der Waals surface area (Å²) in [5.41, 5.74) is 14.5. The van der Waals surface area contributed by atoms with E-state index in [0.29, 0.717) is 109 Å². The van der Waals surface area contributed by atoms with Gasteiger partial charge in [-0.05, 0) is 260 Å². The highest BCUT2D eigenvalue weighted by atomic mass is 16.6. The molecule has 7 N–H and O–H groups in total. The molecular weight excluding hydrogens is 1340 g/mol. The minimum absolute atomic E-state index is 0.178. The Hall–Kier alpha value is -11.6. The van der Waals surface area contributed by atoms with E-state index in [1.54, 1.807) is 90.1 Å². The number of ether oxygens (including phenoxy) is 6. The number of rotatable bonds is 24.